The topological polar surface area (TPSA) is 64.7 Å². The quantitative estimate of drug-likeness (QED) is 0.786. The normalized spacial score (nSPS) is 34.9. The average molecular weight is 351 g/mol. The number of nitrogens with zero attached hydrogens (tertiary/aromatic N) is 2. The lowest BCUT2D eigenvalue weighted by Gasteiger charge is -2.44. The maximum absolute atomic E-state index is 12.7. The van der Waals surface area contributed by atoms with Crippen LogP contribution in [0.1, 0.15) is 52.4 Å². The van der Waals surface area contributed by atoms with Gasteiger partial charge < -0.3 is 4.90 Å². The smallest absolute Gasteiger partial charge is 0.238 e. The Morgan fingerprint density at radius 3 is 2.68 bits per heavy atom. The van der Waals surface area contributed by atoms with Crippen molar-refractivity contribution in [3.8, 4) is 0 Å². The monoisotopic (exact) mass is 350 g/mol. The molecular formula is C19H34N4O2. The van der Waals surface area contributed by atoms with Gasteiger partial charge in [0.05, 0.1) is 12.5 Å². The third-order valence-corrected chi connectivity index (χ3v) is 6.48. The third-order valence-electron chi connectivity index (χ3n) is 6.48. The highest BCUT2D eigenvalue weighted by Crippen LogP contribution is 2.30. The number of nitrogens with one attached hydrogen (secondary N) is 2. The maximum Gasteiger partial charge on any atom is 0.238 e. The van der Waals surface area contributed by atoms with Gasteiger partial charge in [-0.15, -0.1) is 0 Å². The second-order valence-electron chi connectivity index (χ2n) is 8.16. The van der Waals surface area contributed by atoms with E-state index >= 15 is 0 Å². The van der Waals surface area contributed by atoms with Crippen molar-refractivity contribution in [1.29, 1.82) is 0 Å². The van der Waals surface area contributed by atoms with Crippen molar-refractivity contribution in [3.05, 3.63) is 0 Å². The zero-order valence-electron chi connectivity index (χ0n) is 15.8. The number of hydrogen-bond donors (Lipinski definition) is 2. The molecule has 3 fully saturated rings. The summed E-state index contributed by atoms with van der Waals surface area (Å²) in [7, 11) is 0. The molecule has 2 saturated heterocycles. The van der Waals surface area contributed by atoms with E-state index in [1.165, 1.54) is 25.7 Å². The Labute approximate surface area is 151 Å². The Hall–Kier alpha value is -1.14. The molecule has 2 N–H and O–H groups in total. The van der Waals surface area contributed by atoms with Crippen LogP contribution in [0.4, 0.5) is 0 Å². The molecular weight excluding hydrogens is 316 g/mol. The van der Waals surface area contributed by atoms with E-state index in [1.54, 1.807) is 0 Å². The molecule has 0 aromatic carbocycles. The summed E-state index contributed by atoms with van der Waals surface area (Å²) < 4.78 is 0. The highest BCUT2D eigenvalue weighted by atomic mass is 16.2. The molecule has 25 heavy (non-hydrogen) atoms. The van der Waals surface area contributed by atoms with E-state index in [0.29, 0.717) is 12.5 Å². The minimum Gasteiger partial charge on any atom is -0.340 e. The standard InChI is InChI=1S/C19H34N4O2/c1-3-6-16-17(11-20-21-19(16)25)22-9-10-23(18(24)13-22)12-15-8-5-4-7-14(15)2/h14-17,20H,3-13H2,1-2H3,(H,21,25). The summed E-state index contributed by atoms with van der Waals surface area (Å²) in [6.07, 6.45) is 7.09. The summed E-state index contributed by atoms with van der Waals surface area (Å²) in [5, 5.41) is 0. The molecule has 2 heterocycles. The molecule has 1 saturated carbocycles. The second kappa shape index (κ2) is 8.49. The van der Waals surface area contributed by atoms with Crippen LogP contribution in [0.2, 0.25) is 0 Å². The summed E-state index contributed by atoms with van der Waals surface area (Å²) in [5.74, 6) is 1.71. The molecule has 1 aliphatic carbocycles. The van der Waals surface area contributed by atoms with Crippen LogP contribution < -0.4 is 10.9 Å². The first-order valence-corrected chi connectivity index (χ1v) is 10.1. The van der Waals surface area contributed by atoms with Gasteiger partial charge >= 0.3 is 0 Å². The fourth-order valence-corrected chi connectivity index (χ4v) is 4.82. The molecule has 2 aliphatic heterocycles. The SMILES string of the molecule is CCCC1C(=O)NNCC1N1CCN(CC2CCCCC2C)C(=O)C1. The molecule has 6 heteroatoms. The van der Waals surface area contributed by atoms with E-state index in [1.807, 2.05) is 0 Å². The molecule has 2 amide bonds. The van der Waals surface area contributed by atoms with Crippen molar-refractivity contribution < 1.29 is 9.59 Å². The predicted molar refractivity (Wildman–Crippen MR) is 97.6 cm³/mol. The number of hydrogen-bond acceptors (Lipinski definition) is 4. The molecule has 3 aliphatic rings. The minimum atomic E-state index is -0.0102. The maximum atomic E-state index is 12.7. The molecule has 0 aromatic heterocycles. The number of carbonyl (C=O) groups is 2. The first-order chi connectivity index (χ1) is 12.1. The Morgan fingerprint density at radius 1 is 1.16 bits per heavy atom. The van der Waals surface area contributed by atoms with Gasteiger partial charge in [-0.1, -0.05) is 39.5 Å². The Kier molecular flexibility index (Phi) is 6.34. The van der Waals surface area contributed by atoms with Gasteiger partial charge in [-0.05, 0) is 24.7 Å². The first kappa shape index (κ1) is 18.6. The summed E-state index contributed by atoms with van der Waals surface area (Å²) in [5.41, 5.74) is 5.76. The van der Waals surface area contributed by atoms with Crippen LogP contribution >= 0.6 is 0 Å². The van der Waals surface area contributed by atoms with Crippen LogP contribution in [0.5, 0.6) is 0 Å². The van der Waals surface area contributed by atoms with Crippen LogP contribution in [-0.2, 0) is 9.59 Å². The van der Waals surface area contributed by atoms with Gasteiger partial charge in [0.2, 0.25) is 11.8 Å². The van der Waals surface area contributed by atoms with Gasteiger partial charge in [0, 0.05) is 32.2 Å². The van der Waals surface area contributed by atoms with Crippen molar-refractivity contribution in [2.24, 2.45) is 17.8 Å². The van der Waals surface area contributed by atoms with E-state index in [9.17, 15) is 9.59 Å². The zero-order valence-corrected chi connectivity index (χ0v) is 15.8. The van der Waals surface area contributed by atoms with Crippen LogP contribution in [0.25, 0.3) is 0 Å². The van der Waals surface area contributed by atoms with E-state index in [4.69, 9.17) is 0 Å². The highest BCUT2D eigenvalue weighted by molar-refractivity contribution is 5.81. The van der Waals surface area contributed by atoms with E-state index in [-0.39, 0.29) is 23.8 Å². The molecule has 0 spiro atoms. The van der Waals surface area contributed by atoms with Gasteiger partial charge in [0.25, 0.3) is 0 Å². The number of piperazine rings is 1. The molecule has 4 atom stereocenters. The van der Waals surface area contributed by atoms with Crippen LogP contribution in [-0.4, -0.2) is 60.4 Å². The van der Waals surface area contributed by atoms with Crippen molar-refractivity contribution in [2.45, 2.75) is 58.4 Å². The van der Waals surface area contributed by atoms with Crippen molar-refractivity contribution >= 4 is 11.8 Å². The fourth-order valence-electron chi connectivity index (χ4n) is 4.82. The van der Waals surface area contributed by atoms with Crippen LogP contribution in [0.3, 0.4) is 0 Å². The van der Waals surface area contributed by atoms with Gasteiger partial charge in [-0.25, -0.2) is 5.43 Å². The molecule has 4 unspecified atom stereocenters. The summed E-state index contributed by atoms with van der Waals surface area (Å²) in [6, 6.07) is 0.133. The zero-order chi connectivity index (χ0) is 17.8. The van der Waals surface area contributed by atoms with Crippen molar-refractivity contribution in [3.63, 3.8) is 0 Å². The number of amides is 2. The minimum absolute atomic E-state index is 0.0102. The van der Waals surface area contributed by atoms with Gasteiger partial charge in [-0.2, -0.15) is 0 Å². The average Bonchev–Trinajstić information content (AvgIpc) is 2.60. The Bertz CT molecular complexity index is 484. The van der Waals surface area contributed by atoms with Crippen LogP contribution in [0, 0.1) is 17.8 Å². The second-order valence-corrected chi connectivity index (χ2v) is 8.16. The molecule has 0 radical (unpaired) electrons. The fraction of sp³-hybridized carbons (Fsp3) is 0.895. The van der Waals surface area contributed by atoms with Crippen molar-refractivity contribution in [2.75, 3.05) is 32.7 Å². The molecule has 142 valence electrons. The molecule has 0 bridgehead atoms. The number of rotatable bonds is 5. The first-order valence-electron chi connectivity index (χ1n) is 10.1. The summed E-state index contributed by atoms with van der Waals surface area (Å²) >= 11 is 0. The van der Waals surface area contributed by atoms with E-state index < -0.39 is 0 Å². The molecule has 0 aromatic rings. The van der Waals surface area contributed by atoms with Gasteiger partial charge in [0.15, 0.2) is 0 Å². The highest BCUT2D eigenvalue weighted by Gasteiger charge is 2.38. The molecule has 6 nitrogen and oxygen atoms in total. The Morgan fingerprint density at radius 2 is 1.96 bits per heavy atom. The number of hydrazine groups is 1. The van der Waals surface area contributed by atoms with E-state index in [2.05, 4.69) is 34.5 Å². The largest absolute Gasteiger partial charge is 0.340 e. The summed E-state index contributed by atoms with van der Waals surface area (Å²) in [6.45, 7) is 8.25. The van der Waals surface area contributed by atoms with Gasteiger partial charge in [0.1, 0.15) is 0 Å². The lowest BCUT2D eigenvalue weighted by atomic mass is 9.80. The van der Waals surface area contributed by atoms with Crippen molar-refractivity contribution in [1.82, 2.24) is 20.7 Å². The number of carbonyl (C=O) groups excluding carboxylic acids is 2. The molecule has 3 rings (SSSR count). The van der Waals surface area contributed by atoms with Gasteiger partial charge in [-0.3, -0.25) is 19.9 Å². The Balaban J connectivity index is 1.57. The summed E-state index contributed by atoms with van der Waals surface area (Å²) in [4.78, 5) is 29.2. The lowest BCUT2D eigenvalue weighted by molar-refractivity contribution is -0.142. The van der Waals surface area contributed by atoms with Crippen LogP contribution in [0.15, 0.2) is 0 Å². The van der Waals surface area contributed by atoms with E-state index in [0.717, 1.165) is 44.9 Å². The lowest BCUT2D eigenvalue weighted by Crippen LogP contribution is -2.64. The predicted octanol–water partition coefficient (Wildman–Crippen LogP) is 1.38. The third kappa shape index (κ3) is 4.34.